The highest BCUT2D eigenvalue weighted by Crippen LogP contribution is 2.53. The highest BCUT2D eigenvalue weighted by molar-refractivity contribution is 6.21. The van der Waals surface area contributed by atoms with E-state index in [-0.39, 0.29) is 50.0 Å². The number of aliphatic hydroxyl groups is 4. The number of alkyl halides is 1. The van der Waals surface area contributed by atoms with E-state index in [2.05, 4.69) is 6.92 Å². The van der Waals surface area contributed by atoms with E-state index in [1.165, 1.54) is 7.11 Å². The number of methoxy groups -OCH3 is 3. The van der Waals surface area contributed by atoms with Gasteiger partial charge in [-0.3, -0.25) is 4.79 Å². The monoisotopic (exact) mass is 1030 g/mol. The minimum atomic E-state index is -1.34. The topological polar surface area (TPSA) is 228 Å². The van der Waals surface area contributed by atoms with Crippen LogP contribution in [0.1, 0.15) is 136 Å². The van der Waals surface area contributed by atoms with Gasteiger partial charge in [0.05, 0.1) is 66.7 Å². The zero-order valence-electron chi connectivity index (χ0n) is 42.6. The second-order valence-corrected chi connectivity index (χ2v) is 22.1. The summed E-state index contributed by atoms with van der Waals surface area (Å²) in [6, 6.07) is 0. The summed E-state index contributed by atoms with van der Waals surface area (Å²) in [6.07, 6.45) is 8.81. The van der Waals surface area contributed by atoms with Crippen molar-refractivity contribution in [1.82, 2.24) is 0 Å². The third kappa shape index (κ3) is 14.1. The lowest BCUT2D eigenvalue weighted by Gasteiger charge is -2.54. The fourth-order valence-electron chi connectivity index (χ4n) is 12.0. The van der Waals surface area contributed by atoms with Crippen molar-refractivity contribution in [3.63, 3.8) is 0 Å². The van der Waals surface area contributed by atoms with E-state index < -0.39 is 120 Å². The molecule has 17 nitrogen and oxygen atoms in total. The van der Waals surface area contributed by atoms with Crippen molar-refractivity contribution >= 4 is 23.5 Å². The number of esters is 1. The maximum Gasteiger partial charge on any atom is 0.333 e. The molecule has 7 heterocycles. The van der Waals surface area contributed by atoms with Crippen molar-refractivity contribution in [1.29, 1.82) is 0 Å². The van der Waals surface area contributed by atoms with Crippen molar-refractivity contribution in [2.45, 2.75) is 245 Å². The molecule has 7 aliphatic rings. The first kappa shape index (κ1) is 56.7. The van der Waals surface area contributed by atoms with E-state index in [9.17, 15) is 35.1 Å². The van der Waals surface area contributed by atoms with Crippen molar-refractivity contribution in [2.24, 2.45) is 17.8 Å². The minimum Gasteiger partial charge on any atom is -0.479 e. The van der Waals surface area contributed by atoms with E-state index in [0.717, 1.165) is 6.42 Å². The highest BCUT2D eigenvalue weighted by atomic mass is 35.5. The number of rotatable bonds is 10. The number of hydrogen-bond donors (Lipinski definition) is 5. The summed E-state index contributed by atoms with van der Waals surface area (Å²) in [5.74, 6) is -5.64. The van der Waals surface area contributed by atoms with Gasteiger partial charge in [-0.2, -0.15) is 0 Å². The Kier molecular flexibility index (Phi) is 20.1. The van der Waals surface area contributed by atoms with Crippen molar-refractivity contribution in [2.75, 3.05) is 21.3 Å². The summed E-state index contributed by atoms with van der Waals surface area (Å²) in [6.45, 7) is 5.94. The number of carboxylic acids is 1. The van der Waals surface area contributed by atoms with Gasteiger partial charge in [-0.1, -0.05) is 51.2 Å². The summed E-state index contributed by atoms with van der Waals surface area (Å²) in [5.41, 5.74) is 0. The van der Waals surface area contributed by atoms with Gasteiger partial charge in [-0.15, -0.1) is 11.6 Å². The molecule has 0 saturated carbocycles. The third-order valence-corrected chi connectivity index (χ3v) is 16.9. The highest BCUT2D eigenvalue weighted by Gasteiger charge is 2.61. The first-order valence-electron chi connectivity index (χ1n) is 26.3. The fraction of sp³-hybridized carbons (Fsp3) is 0.849. The Morgan fingerprint density at radius 1 is 0.803 bits per heavy atom. The Morgan fingerprint density at radius 2 is 1.55 bits per heavy atom. The predicted molar refractivity (Wildman–Crippen MR) is 259 cm³/mol. The van der Waals surface area contributed by atoms with Crippen LogP contribution in [-0.2, 0) is 57.0 Å². The number of aliphatic carboxylic acids is 1. The summed E-state index contributed by atoms with van der Waals surface area (Å²) in [4.78, 5) is 25.3. The molecule has 0 unspecified atom stereocenters. The summed E-state index contributed by atoms with van der Waals surface area (Å²) in [5, 5.41) is 55.1. The van der Waals surface area contributed by atoms with Crippen LogP contribution >= 0.6 is 11.6 Å². The zero-order chi connectivity index (χ0) is 51.1. The molecule has 21 atom stereocenters. The maximum atomic E-state index is 13.9. The number of hydrogen-bond acceptors (Lipinski definition) is 16. The van der Waals surface area contributed by atoms with Crippen LogP contribution in [-0.4, -0.2) is 167 Å². The van der Waals surface area contributed by atoms with Gasteiger partial charge in [0.2, 0.25) is 0 Å². The lowest BCUT2D eigenvalue weighted by molar-refractivity contribution is -0.413. The molecular weight excluding hydrogens is 944 g/mol. The van der Waals surface area contributed by atoms with E-state index in [1.54, 1.807) is 20.3 Å². The molecule has 0 radical (unpaired) electrons. The fourth-order valence-corrected chi connectivity index (χ4v) is 12.3. The Morgan fingerprint density at radius 3 is 2.30 bits per heavy atom. The summed E-state index contributed by atoms with van der Waals surface area (Å²) >= 11 is 7.16. The normalized spacial score (nSPS) is 45.7. The molecular formula is C53H83ClO17. The van der Waals surface area contributed by atoms with Crippen molar-refractivity contribution < 1.29 is 82.5 Å². The van der Waals surface area contributed by atoms with Crippen LogP contribution in [0.25, 0.3) is 0 Å². The Balaban J connectivity index is 1.13. The standard InChI is InChI=1S/C53H83ClO17/c1-31-19-22-51-24-21-40(62-4)49(70-51)48(59)47(58)32(2)17-18-39-46(54)44(64-6)29-52(67-39)23-20-33(3)53(71-52)30-43(38(69-53)15-10-8-7-9-11-16-41(63-5)50(60)61)66-45(57)28-37-14-12-13-36(65-37)26-34(55)25-35(56)27-42(31)68-51/h8-11,19,22,31-44,46-49,55-56,58-59H,7,12-18,20-21,23-30H2,1-6H3,(H,60,61)/b10-8+,11-9-/t31-,32-,33-,34-,35-,36-,37+,38-,39+,40-,41+,42+,43-,44+,46+,47-,48-,49-,51-,52+,53+/m0/s1. The zero-order valence-corrected chi connectivity index (χ0v) is 43.4. The van der Waals surface area contributed by atoms with Crippen LogP contribution in [0.4, 0.5) is 0 Å². The summed E-state index contributed by atoms with van der Waals surface area (Å²) in [7, 11) is 4.55. The van der Waals surface area contributed by atoms with Gasteiger partial charge < -0.3 is 72.9 Å². The number of fused-ring (bicyclic) bond motifs is 6. The average Bonchev–Trinajstić information content (AvgIpc) is 3.67. The van der Waals surface area contributed by atoms with Gasteiger partial charge in [0.25, 0.3) is 0 Å². The van der Waals surface area contributed by atoms with Gasteiger partial charge in [0.15, 0.2) is 23.5 Å². The van der Waals surface area contributed by atoms with Crippen molar-refractivity contribution in [3.8, 4) is 0 Å². The van der Waals surface area contributed by atoms with Crippen LogP contribution in [0.5, 0.6) is 0 Å². The van der Waals surface area contributed by atoms with Gasteiger partial charge in [0.1, 0.15) is 24.4 Å². The SMILES string of the molecule is CO[C@H]1CC[C@]23C=C[C@H](C)[C@@H](C[C@@H](O)C[C@H](O)C[C@@H]4CCC[C@H](CC(=O)O[C@H]5C[C@@]6(O[C@H]5C/C=C/C/C=C\C[C@@H](OC)C(=O)O)O[C@]5(CC[C@@H]6C)C[C@@H](OC)[C@H](Cl)[C@@H](CC[C@H](C)[C@H](O)[C@H](O)[C@H]1O2)O5)O4)O3. The molecule has 7 rings (SSSR count). The largest absolute Gasteiger partial charge is 0.479 e. The van der Waals surface area contributed by atoms with Gasteiger partial charge in [-0.25, -0.2) is 4.79 Å². The molecule has 6 saturated heterocycles. The van der Waals surface area contributed by atoms with Crippen LogP contribution in [0.3, 0.4) is 0 Å². The van der Waals surface area contributed by atoms with Crippen LogP contribution < -0.4 is 0 Å². The molecule has 0 aromatic carbocycles. The van der Waals surface area contributed by atoms with Gasteiger partial charge >= 0.3 is 11.9 Å². The number of allylic oxidation sites excluding steroid dienone is 2. The molecule has 404 valence electrons. The van der Waals surface area contributed by atoms with E-state index in [4.69, 9.17) is 59.0 Å². The number of carboxylic acid groups (broad SMARTS) is 1. The Labute approximate surface area is 424 Å². The second kappa shape index (κ2) is 25.2. The van der Waals surface area contributed by atoms with Gasteiger partial charge in [0, 0.05) is 71.7 Å². The molecule has 0 aromatic heterocycles. The molecule has 0 amide bonds. The molecule has 18 heteroatoms. The second-order valence-electron chi connectivity index (χ2n) is 21.6. The molecule has 6 fully saturated rings. The summed E-state index contributed by atoms with van der Waals surface area (Å²) < 4.78 is 64.0. The maximum absolute atomic E-state index is 13.9. The van der Waals surface area contributed by atoms with Crippen LogP contribution in [0.2, 0.25) is 0 Å². The van der Waals surface area contributed by atoms with Crippen LogP contribution in [0, 0.1) is 17.8 Å². The van der Waals surface area contributed by atoms with E-state index in [1.807, 2.05) is 44.2 Å². The first-order chi connectivity index (χ1) is 33.9. The molecule has 9 bridgehead atoms. The predicted octanol–water partition coefficient (Wildman–Crippen LogP) is 6.17. The lowest BCUT2D eigenvalue weighted by atomic mass is 9.82. The number of halogens is 1. The smallest absolute Gasteiger partial charge is 0.333 e. The molecule has 3 spiro atoms. The number of carbonyl (C=O) groups is 2. The average molecular weight is 1030 g/mol. The Hall–Kier alpha value is -2.07. The number of carbonyl (C=O) groups excluding carboxylic acids is 1. The van der Waals surface area contributed by atoms with E-state index >= 15 is 0 Å². The Bertz CT molecular complexity index is 1820. The quantitative estimate of drug-likeness (QED) is 0.0936. The molecule has 0 aromatic rings. The van der Waals surface area contributed by atoms with Gasteiger partial charge in [-0.05, 0) is 82.6 Å². The molecule has 7 aliphatic heterocycles. The molecule has 5 N–H and O–H groups in total. The van der Waals surface area contributed by atoms with E-state index in [0.29, 0.717) is 77.0 Å². The third-order valence-electron chi connectivity index (χ3n) is 16.3. The van der Waals surface area contributed by atoms with Crippen molar-refractivity contribution in [3.05, 3.63) is 36.5 Å². The number of aliphatic hydroxyl groups excluding tert-OH is 4. The first-order valence-corrected chi connectivity index (χ1v) is 26.8. The van der Waals surface area contributed by atoms with Crippen LogP contribution in [0.15, 0.2) is 36.5 Å². The number of ether oxygens (including phenoxy) is 10. The molecule has 0 aliphatic carbocycles. The molecule has 71 heavy (non-hydrogen) atoms. The lowest BCUT2D eigenvalue weighted by Crippen LogP contribution is -2.61. The minimum absolute atomic E-state index is 0.0209.